The number of aromatic nitrogens is 2. The van der Waals surface area contributed by atoms with Gasteiger partial charge in [-0.05, 0) is 56.1 Å². The zero-order valence-electron chi connectivity index (χ0n) is 14.6. The number of piperidine rings is 1. The van der Waals surface area contributed by atoms with Gasteiger partial charge in [-0.1, -0.05) is 23.7 Å². The normalized spacial score (nSPS) is 17.4. The van der Waals surface area contributed by atoms with Gasteiger partial charge in [0.15, 0.2) is 5.82 Å². The summed E-state index contributed by atoms with van der Waals surface area (Å²) in [5.41, 5.74) is 2.32. The Hall–Kier alpha value is -2.37. The summed E-state index contributed by atoms with van der Waals surface area (Å²) in [6.45, 7) is 3.91. The zero-order valence-corrected chi connectivity index (χ0v) is 15.3. The molecular formula is C20H21ClN4O. The van der Waals surface area contributed by atoms with Crippen LogP contribution in [0.4, 0.5) is 5.82 Å². The first-order chi connectivity index (χ1) is 12.6. The Kier molecular flexibility index (Phi) is 4.66. The maximum atomic E-state index is 10.4. The van der Waals surface area contributed by atoms with Crippen molar-refractivity contribution < 1.29 is 5.11 Å². The van der Waals surface area contributed by atoms with Gasteiger partial charge >= 0.3 is 0 Å². The number of nitrogens with one attached hydrogen (secondary N) is 2. The van der Waals surface area contributed by atoms with Crippen molar-refractivity contribution in [3.8, 4) is 17.0 Å². The Bertz CT molecular complexity index is 954. The first-order valence-corrected chi connectivity index (χ1v) is 9.23. The molecule has 3 N–H and O–H groups in total. The van der Waals surface area contributed by atoms with Gasteiger partial charge < -0.3 is 15.7 Å². The average Bonchev–Trinajstić information content (AvgIpc) is 2.63. The zero-order chi connectivity index (χ0) is 18.1. The lowest BCUT2D eigenvalue weighted by Gasteiger charge is -2.24. The van der Waals surface area contributed by atoms with Crippen LogP contribution in [0.2, 0.25) is 5.02 Å². The van der Waals surface area contributed by atoms with Crippen LogP contribution >= 0.6 is 11.6 Å². The minimum atomic E-state index is 0.202. The molecule has 26 heavy (non-hydrogen) atoms. The van der Waals surface area contributed by atoms with E-state index in [4.69, 9.17) is 11.6 Å². The molecule has 0 spiro atoms. The van der Waals surface area contributed by atoms with Crippen LogP contribution in [-0.2, 0) is 0 Å². The van der Waals surface area contributed by atoms with E-state index in [0.717, 1.165) is 48.1 Å². The molecule has 0 saturated carbocycles. The topological polar surface area (TPSA) is 70.1 Å². The number of rotatable bonds is 3. The third-order valence-corrected chi connectivity index (χ3v) is 5.02. The van der Waals surface area contributed by atoms with Crippen LogP contribution in [0.25, 0.3) is 22.0 Å². The van der Waals surface area contributed by atoms with E-state index in [0.29, 0.717) is 22.3 Å². The lowest BCUT2D eigenvalue weighted by molar-refractivity contribution is 0.476. The summed E-state index contributed by atoms with van der Waals surface area (Å²) >= 11 is 6.25. The van der Waals surface area contributed by atoms with E-state index in [1.807, 2.05) is 37.3 Å². The van der Waals surface area contributed by atoms with Crippen LogP contribution in [-0.4, -0.2) is 34.4 Å². The highest BCUT2D eigenvalue weighted by atomic mass is 35.5. The quantitative estimate of drug-likeness (QED) is 0.648. The van der Waals surface area contributed by atoms with Crippen molar-refractivity contribution >= 4 is 28.2 Å². The monoisotopic (exact) mass is 368 g/mol. The van der Waals surface area contributed by atoms with Gasteiger partial charge in [-0.15, -0.1) is 10.2 Å². The van der Waals surface area contributed by atoms with Crippen molar-refractivity contribution in [1.82, 2.24) is 15.5 Å². The standard InChI is InChI=1S/C20H21ClN4O/c1-12-4-6-16(18(26)9-12)19-15-7-5-13(21)10-17(15)20(25-24-19)23-14-3-2-8-22-11-14/h4-7,9-10,14,22,26H,2-3,8,11H2,1H3,(H,23,25)/t14-/m1/s1. The predicted octanol–water partition coefficient (Wildman–Crippen LogP) is 4.13. The molecule has 0 aliphatic carbocycles. The number of aromatic hydroxyl groups is 1. The second-order valence-corrected chi connectivity index (χ2v) is 7.23. The van der Waals surface area contributed by atoms with E-state index < -0.39 is 0 Å². The molecular weight excluding hydrogens is 348 g/mol. The Morgan fingerprint density at radius 3 is 2.81 bits per heavy atom. The molecule has 0 amide bonds. The molecule has 1 fully saturated rings. The molecule has 1 aliphatic heterocycles. The summed E-state index contributed by atoms with van der Waals surface area (Å²) < 4.78 is 0. The minimum absolute atomic E-state index is 0.202. The van der Waals surface area contributed by atoms with Gasteiger partial charge in [0.25, 0.3) is 0 Å². The summed E-state index contributed by atoms with van der Waals surface area (Å²) in [5, 5.41) is 28.6. The van der Waals surface area contributed by atoms with Gasteiger partial charge in [0.05, 0.1) is 0 Å². The number of nitrogens with zero attached hydrogens (tertiary/aromatic N) is 2. The van der Waals surface area contributed by atoms with Gasteiger partial charge in [0.2, 0.25) is 0 Å². The molecule has 3 aromatic rings. The molecule has 1 atom stereocenters. The van der Waals surface area contributed by atoms with Crippen molar-refractivity contribution in [2.75, 3.05) is 18.4 Å². The predicted molar refractivity (Wildman–Crippen MR) is 106 cm³/mol. The van der Waals surface area contributed by atoms with E-state index in [2.05, 4.69) is 20.8 Å². The minimum Gasteiger partial charge on any atom is -0.507 e. The number of benzene rings is 2. The summed E-state index contributed by atoms with van der Waals surface area (Å²) in [5.74, 6) is 0.930. The van der Waals surface area contributed by atoms with Crippen LogP contribution in [0, 0.1) is 6.92 Å². The summed E-state index contributed by atoms with van der Waals surface area (Å²) in [6, 6.07) is 11.6. The van der Waals surface area contributed by atoms with E-state index >= 15 is 0 Å². The second-order valence-electron chi connectivity index (χ2n) is 6.80. The lowest BCUT2D eigenvalue weighted by atomic mass is 10.0. The highest BCUT2D eigenvalue weighted by molar-refractivity contribution is 6.31. The summed E-state index contributed by atoms with van der Waals surface area (Å²) in [6.07, 6.45) is 2.23. The Morgan fingerprint density at radius 1 is 1.15 bits per heavy atom. The fourth-order valence-corrected chi connectivity index (χ4v) is 3.61. The highest BCUT2D eigenvalue weighted by Gasteiger charge is 2.18. The molecule has 1 saturated heterocycles. The van der Waals surface area contributed by atoms with Gasteiger partial charge in [-0.3, -0.25) is 0 Å². The highest BCUT2D eigenvalue weighted by Crippen LogP contribution is 2.36. The molecule has 6 heteroatoms. The Morgan fingerprint density at radius 2 is 2.04 bits per heavy atom. The van der Waals surface area contributed by atoms with E-state index in [-0.39, 0.29) is 5.75 Å². The Balaban J connectivity index is 1.82. The van der Waals surface area contributed by atoms with Gasteiger partial charge in [-0.2, -0.15) is 0 Å². The van der Waals surface area contributed by atoms with Gasteiger partial charge in [0, 0.05) is 33.9 Å². The number of hydrogen-bond donors (Lipinski definition) is 3. The van der Waals surface area contributed by atoms with Crippen LogP contribution in [0.1, 0.15) is 18.4 Å². The molecule has 4 rings (SSSR count). The van der Waals surface area contributed by atoms with Crippen LogP contribution < -0.4 is 10.6 Å². The molecule has 2 aromatic carbocycles. The third kappa shape index (κ3) is 3.32. The lowest BCUT2D eigenvalue weighted by Crippen LogP contribution is -2.38. The number of aryl methyl sites for hydroxylation is 1. The smallest absolute Gasteiger partial charge is 0.156 e. The molecule has 0 radical (unpaired) electrons. The number of phenolic OH excluding ortho intramolecular Hbond substituents is 1. The molecule has 0 unspecified atom stereocenters. The van der Waals surface area contributed by atoms with Crippen molar-refractivity contribution in [2.45, 2.75) is 25.8 Å². The maximum Gasteiger partial charge on any atom is 0.156 e. The largest absolute Gasteiger partial charge is 0.507 e. The van der Waals surface area contributed by atoms with Crippen LogP contribution in [0.5, 0.6) is 5.75 Å². The third-order valence-electron chi connectivity index (χ3n) is 4.79. The van der Waals surface area contributed by atoms with Gasteiger partial charge in [0.1, 0.15) is 11.4 Å². The first kappa shape index (κ1) is 17.1. The summed E-state index contributed by atoms with van der Waals surface area (Å²) in [7, 11) is 0. The van der Waals surface area contributed by atoms with Crippen LogP contribution in [0.3, 0.4) is 0 Å². The number of anilines is 1. The fourth-order valence-electron chi connectivity index (χ4n) is 3.44. The Labute approximate surface area is 157 Å². The first-order valence-electron chi connectivity index (χ1n) is 8.85. The fraction of sp³-hybridized carbons (Fsp3) is 0.300. The van der Waals surface area contributed by atoms with Crippen molar-refractivity contribution in [1.29, 1.82) is 0 Å². The second kappa shape index (κ2) is 7.09. The number of halogens is 1. The molecule has 2 heterocycles. The van der Waals surface area contributed by atoms with Crippen molar-refractivity contribution in [3.63, 3.8) is 0 Å². The summed E-state index contributed by atoms with van der Waals surface area (Å²) in [4.78, 5) is 0. The molecule has 0 bridgehead atoms. The van der Waals surface area contributed by atoms with Crippen molar-refractivity contribution in [3.05, 3.63) is 47.0 Å². The van der Waals surface area contributed by atoms with E-state index in [1.54, 1.807) is 6.07 Å². The van der Waals surface area contributed by atoms with E-state index in [1.165, 1.54) is 0 Å². The average molecular weight is 369 g/mol. The molecule has 1 aromatic heterocycles. The number of phenols is 1. The van der Waals surface area contributed by atoms with E-state index in [9.17, 15) is 5.11 Å². The van der Waals surface area contributed by atoms with Crippen molar-refractivity contribution in [2.24, 2.45) is 0 Å². The van der Waals surface area contributed by atoms with Gasteiger partial charge in [-0.25, -0.2) is 0 Å². The number of hydrogen-bond acceptors (Lipinski definition) is 5. The molecule has 1 aliphatic rings. The SMILES string of the molecule is Cc1ccc(-c2nnc(N[C@@H]3CCCNC3)c3cc(Cl)ccc23)c(O)c1. The number of fused-ring (bicyclic) bond motifs is 1. The molecule has 5 nitrogen and oxygen atoms in total. The maximum absolute atomic E-state index is 10.4. The molecule has 134 valence electrons. The van der Waals surface area contributed by atoms with Crippen LogP contribution in [0.15, 0.2) is 36.4 Å².